The number of hydrogen-bond donors (Lipinski definition) is 1. The number of nitrogens with one attached hydrogen (secondary N) is 1. The van der Waals surface area contributed by atoms with Crippen molar-refractivity contribution in [1.82, 2.24) is 5.32 Å². The van der Waals surface area contributed by atoms with Gasteiger partial charge < -0.3 is 9.73 Å². The highest BCUT2D eigenvalue weighted by Gasteiger charge is 2.15. The maximum atomic E-state index is 5.97. The molecule has 1 N–H and O–H groups in total. The summed E-state index contributed by atoms with van der Waals surface area (Å²) in [6, 6.07) is 23.0. The number of halogens is 1. The van der Waals surface area contributed by atoms with Crippen LogP contribution in [0.15, 0.2) is 77.4 Å². The second-order valence-electron chi connectivity index (χ2n) is 6.42. The maximum Gasteiger partial charge on any atom is 0.107 e. The van der Waals surface area contributed by atoms with Gasteiger partial charge in [0.15, 0.2) is 0 Å². The summed E-state index contributed by atoms with van der Waals surface area (Å²) in [4.78, 5) is 0. The van der Waals surface area contributed by atoms with E-state index in [-0.39, 0.29) is 0 Å². The van der Waals surface area contributed by atoms with Crippen LogP contribution in [0.1, 0.15) is 42.2 Å². The van der Waals surface area contributed by atoms with Crippen LogP contribution in [0, 0.1) is 0 Å². The molecule has 2 atom stereocenters. The van der Waals surface area contributed by atoms with E-state index in [4.69, 9.17) is 16.0 Å². The Kier molecular flexibility index (Phi) is 6.32. The first-order valence-electron chi connectivity index (χ1n) is 8.78. The minimum atomic E-state index is 0.297. The van der Waals surface area contributed by atoms with Crippen LogP contribution >= 0.6 is 11.6 Å². The largest absolute Gasteiger partial charge is 0.469 e. The van der Waals surface area contributed by atoms with Crippen LogP contribution in [0.3, 0.4) is 0 Å². The maximum absolute atomic E-state index is 5.97. The van der Waals surface area contributed by atoms with E-state index < -0.39 is 0 Å². The Morgan fingerprint density at radius 3 is 2.40 bits per heavy atom. The van der Waals surface area contributed by atoms with Gasteiger partial charge in [0, 0.05) is 17.0 Å². The zero-order valence-corrected chi connectivity index (χ0v) is 15.2. The van der Waals surface area contributed by atoms with E-state index in [0.717, 1.165) is 30.2 Å². The van der Waals surface area contributed by atoms with Crippen LogP contribution in [0.25, 0.3) is 0 Å². The van der Waals surface area contributed by atoms with Gasteiger partial charge in [-0.2, -0.15) is 0 Å². The highest BCUT2D eigenvalue weighted by atomic mass is 35.5. The molecule has 3 heteroatoms. The van der Waals surface area contributed by atoms with Crippen molar-refractivity contribution in [2.75, 3.05) is 6.54 Å². The van der Waals surface area contributed by atoms with Crippen LogP contribution in [0.4, 0.5) is 0 Å². The molecule has 0 amide bonds. The van der Waals surface area contributed by atoms with Crippen LogP contribution in [0.2, 0.25) is 5.02 Å². The second-order valence-corrected chi connectivity index (χ2v) is 6.85. The minimum Gasteiger partial charge on any atom is -0.469 e. The molecule has 0 aliphatic rings. The second kappa shape index (κ2) is 8.89. The van der Waals surface area contributed by atoms with E-state index in [2.05, 4.69) is 60.8 Å². The predicted octanol–water partition coefficient (Wildman–Crippen LogP) is 6.00. The Labute approximate surface area is 154 Å². The average Bonchev–Trinajstić information content (AvgIpc) is 3.17. The van der Waals surface area contributed by atoms with E-state index in [0.29, 0.717) is 12.0 Å². The SMILES string of the molecule is C[C@H](NCC[C@H](Cc1ccccc1)c1ccco1)c1ccc(Cl)cc1. The molecule has 3 aromatic rings. The van der Waals surface area contributed by atoms with Crippen molar-refractivity contribution in [3.63, 3.8) is 0 Å². The Hall–Kier alpha value is -2.03. The lowest BCUT2D eigenvalue weighted by Crippen LogP contribution is -2.22. The molecule has 0 aliphatic carbocycles. The summed E-state index contributed by atoms with van der Waals surface area (Å²) >= 11 is 5.97. The van der Waals surface area contributed by atoms with E-state index in [1.807, 2.05) is 18.2 Å². The van der Waals surface area contributed by atoms with Crippen LogP contribution in [-0.2, 0) is 6.42 Å². The van der Waals surface area contributed by atoms with E-state index in [1.165, 1.54) is 11.1 Å². The molecule has 0 unspecified atom stereocenters. The molecular formula is C22H24ClNO. The fourth-order valence-corrected chi connectivity index (χ4v) is 3.24. The van der Waals surface area contributed by atoms with Crippen molar-refractivity contribution in [2.45, 2.75) is 31.7 Å². The number of hydrogen-bond acceptors (Lipinski definition) is 2. The zero-order chi connectivity index (χ0) is 17.5. The summed E-state index contributed by atoms with van der Waals surface area (Å²) in [6.45, 7) is 3.12. The first kappa shape index (κ1) is 17.8. The summed E-state index contributed by atoms with van der Waals surface area (Å²) in [6.07, 6.45) is 3.78. The quantitative estimate of drug-likeness (QED) is 0.537. The van der Waals surface area contributed by atoms with Gasteiger partial charge in [-0.05, 0) is 61.7 Å². The molecule has 3 rings (SSSR count). The standard InChI is InChI=1S/C22H24ClNO/c1-17(19-9-11-21(23)12-10-19)24-14-13-20(22-8-5-15-25-22)16-18-6-3-2-4-7-18/h2-12,15,17,20,24H,13-14,16H2,1H3/t17-,20+/m0/s1. The molecule has 0 bridgehead atoms. The first-order chi connectivity index (χ1) is 12.2. The molecule has 0 aliphatic heterocycles. The molecule has 0 spiro atoms. The van der Waals surface area contributed by atoms with E-state index in [1.54, 1.807) is 6.26 Å². The zero-order valence-electron chi connectivity index (χ0n) is 14.5. The van der Waals surface area contributed by atoms with Gasteiger partial charge >= 0.3 is 0 Å². The summed E-state index contributed by atoms with van der Waals surface area (Å²) in [5, 5.41) is 4.39. The van der Waals surface area contributed by atoms with Gasteiger partial charge in [0.1, 0.15) is 5.76 Å². The van der Waals surface area contributed by atoms with E-state index >= 15 is 0 Å². The molecule has 130 valence electrons. The van der Waals surface area contributed by atoms with Gasteiger partial charge in [0.2, 0.25) is 0 Å². The predicted molar refractivity (Wildman–Crippen MR) is 104 cm³/mol. The Balaban J connectivity index is 1.58. The molecule has 0 saturated carbocycles. The monoisotopic (exact) mass is 353 g/mol. The van der Waals surface area contributed by atoms with Gasteiger partial charge in [-0.15, -0.1) is 0 Å². The molecule has 25 heavy (non-hydrogen) atoms. The van der Waals surface area contributed by atoms with Gasteiger partial charge in [-0.3, -0.25) is 0 Å². The Bertz CT molecular complexity index is 737. The fraction of sp³-hybridized carbons (Fsp3) is 0.273. The summed E-state index contributed by atoms with van der Waals surface area (Å²) < 4.78 is 5.68. The molecule has 1 heterocycles. The lowest BCUT2D eigenvalue weighted by Gasteiger charge is -2.18. The van der Waals surface area contributed by atoms with Crippen LogP contribution in [0.5, 0.6) is 0 Å². The Morgan fingerprint density at radius 1 is 0.960 bits per heavy atom. The molecule has 0 radical (unpaired) electrons. The van der Waals surface area contributed by atoms with Crippen molar-refractivity contribution in [3.05, 3.63) is 94.9 Å². The van der Waals surface area contributed by atoms with Gasteiger partial charge in [-0.1, -0.05) is 54.1 Å². The number of furan rings is 1. The van der Waals surface area contributed by atoms with Gasteiger partial charge in [0.05, 0.1) is 6.26 Å². The smallest absolute Gasteiger partial charge is 0.107 e. The number of benzene rings is 2. The normalized spacial score (nSPS) is 13.5. The fourth-order valence-electron chi connectivity index (χ4n) is 3.11. The topological polar surface area (TPSA) is 25.2 Å². The highest BCUT2D eigenvalue weighted by molar-refractivity contribution is 6.30. The van der Waals surface area contributed by atoms with Crippen molar-refractivity contribution in [1.29, 1.82) is 0 Å². The van der Waals surface area contributed by atoms with Crippen molar-refractivity contribution in [2.24, 2.45) is 0 Å². The van der Waals surface area contributed by atoms with Crippen molar-refractivity contribution in [3.8, 4) is 0 Å². The summed E-state index contributed by atoms with van der Waals surface area (Å²) in [5.41, 5.74) is 2.59. The number of rotatable bonds is 8. The Morgan fingerprint density at radius 2 is 1.72 bits per heavy atom. The van der Waals surface area contributed by atoms with Crippen molar-refractivity contribution >= 4 is 11.6 Å². The highest BCUT2D eigenvalue weighted by Crippen LogP contribution is 2.25. The third-order valence-corrected chi connectivity index (χ3v) is 4.84. The van der Waals surface area contributed by atoms with Crippen molar-refractivity contribution < 1.29 is 4.42 Å². The lowest BCUT2D eigenvalue weighted by atomic mass is 9.93. The summed E-state index contributed by atoms with van der Waals surface area (Å²) in [7, 11) is 0. The average molecular weight is 354 g/mol. The molecule has 0 saturated heterocycles. The van der Waals surface area contributed by atoms with Gasteiger partial charge in [-0.25, -0.2) is 0 Å². The van der Waals surface area contributed by atoms with Gasteiger partial charge in [0.25, 0.3) is 0 Å². The summed E-state index contributed by atoms with van der Waals surface area (Å²) in [5.74, 6) is 1.44. The third kappa shape index (κ3) is 5.22. The minimum absolute atomic E-state index is 0.297. The molecule has 0 fully saturated rings. The molecular weight excluding hydrogens is 330 g/mol. The molecule has 2 nitrogen and oxygen atoms in total. The molecule has 2 aromatic carbocycles. The van der Waals surface area contributed by atoms with Crippen LogP contribution < -0.4 is 5.32 Å². The van der Waals surface area contributed by atoms with E-state index in [9.17, 15) is 0 Å². The molecule has 1 aromatic heterocycles. The van der Waals surface area contributed by atoms with Crippen LogP contribution in [-0.4, -0.2) is 6.54 Å². The third-order valence-electron chi connectivity index (χ3n) is 4.58. The first-order valence-corrected chi connectivity index (χ1v) is 9.16. The lowest BCUT2D eigenvalue weighted by molar-refractivity contribution is 0.428.